The van der Waals surface area contributed by atoms with E-state index in [0.717, 1.165) is 63.8 Å². The Morgan fingerprint density at radius 1 is 0.974 bits per heavy atom. The van der Waals surface area contributed by atoms with Gasteiger partial charge in [-0.2, -0.15) is 0 Å². The number of fused-ring (bicyclic) bond motifs is 1. The van der Waals surface area contributed by atoms with Gasteiger partial charge in [-0.1, -0.05) is 29.8 Å². The number of nitrogens with one attached hydrogen (secondary N) is 1. The zero-order valence-corrected chi connectivity index (χ0v) is 22.3. The second-order valence-electron chi connectivity index (χ2n) is 11.0. The van der Waals surface area contributed by atoms with Crippen molar-refractivity contribution in [1.29, 1.82) is 0 Å². The van der Waals surface area contributed by atoms with Gasteiger partial charge in [-0.05, 0) is 91.5 Å². The Morgan fingerprint density at radius 3 is 2.55 bits per heavy atom. The predicted octanol–water partition coefficient (Wildman–Crippen LogP) is 5.68. The lowest BCUT2D eigenvalue weighted by atomic mass is 9.72. The minimum absolute atomic E-state index is 0.103. The molecule has 0 radical (unpaired) electrons. The molecule has 2 amide bonds. The molecular weight excluding hydrogens is 496 g/mol. The molecule has 1 atom stereocenters. The van der Waals surface area contributed by atoms with Crippen molar-refractivity contribution in [1.82, 2.24) is 15.2 Å². The molecule has 6 rings (SSSR count). The fraction of sp³-hybridized carbons (Fsp3) is 0.387. The van der Waals surface area contributed by atoms with Crippen molar-refractivity contribution in [3.63, 3.8) is 0 Å². The quantitative estimate of drug-likeness (QED) is 0.473. The first-order chi connectivity index (χ1) is 18.5. The van der Waals surface area contributed by atoms with E-state index >= 15 is 0 Å². The van der Waals surface area contributed by atoms with E-state index in [1.165, 1.54) is 17.7 Å². The number of pyridine rings is 1. The SMILES string of the molecule is O=C(N[C@@H]1CCc2ccc(C(=O)N3CCCC4(CCN(c5ccncc5)CC4)C3)cc21)c1ccccc1Cl. The van der Waals surface area contributed by atoms with Gasteiger partial charge in [0, 0.05) is 49.8 Å². The second kappa shape index (κ2) is 10.4. The van der Waals surface area contributed by atoms with Crippen LogP contribution in [-0.2, 0) is 6.42 Å². The highest BCUT2D eigenvalue weighted by Crippen LogP contribution is 2.41. The van der Waals surface area contributed by atoms with Gasteiger partial charge in [0.1, 0.15) is 0 Å². The highest BCUT2D eigenvalue weighted by atomic mass is 35.5. The number of carbonyl (C=O) groups excluding carboxylic acids is 2. The molecule has 0 saturated carbocycles. The van der Waals surface area contributed by atoms with Crippen molar-refractivity contribution in [2.45, 2.75) is 44.6 Å². The number of hydrogen-bond acceptors (Lipinski definition) is 4. The van der Waals surface area contributed by atoms with E-state index in [4.69, 9.17) is 11.6 Å². The zero-order valence-electron chi connectivity index (χ0n) is 21.5. The first-order valence-corrected chi connectivity index (χ1v) is 14.0. The molecule has 2 fully saturated rings. The van der Waals surface area contributed by atoms with E-state index in [0.29, 0.717) is 16.1 Å². The summed E-state index contributed by atoms with van der Waals surface area (Å²) in [5.74, 6) is -0.0761. The van der Waals surface area contributed by atoms with Gasteiger partial charge in [0.25, 0.3) is 11.8 Å². The first kappa shape index (κ1) is 24.9. The summed E-state index contributed by atoms with van der Waals surface area (Å²) in [4.78, 5) is 35.3. The summed E-state index contributed by atoms with van der Waals surface area (Å²) in [6.45, 7) is 3.65. The normalized spacial score (nSPS) is 20.3. The highest BCUT2D eigenvalue weighted by Gasteiger charge is 2.40. The lowest BCUT2D eigenvalue weighted by Crippen LogP contribution is -2.51. The van der Waals surface area contributed by atoms with Crippen molar-refractivity contribution in [3.05, 3.63) is 94.3 Å². The molecule has 1 aromatic heterocycles. The number of halogens is 1. The molecule has 7 heteroatoms. The number of nitrogens with zero attached hydrogens (tertiary/aromatic N) is 3. The van der Waals surface area contributed by atoms with Crippen LogP contribution in [0.1, 0.15) is 70.0 Å². The number of carbonyl (C=O) groups is 2. The number of aromatic nitrogens is 1. The molecule has 6 nitrogen and oxygen atoms in total. The van der Waals surface area contributed by atoms with Gasteiger partial charge in [-0.15, -0.1) is 0 Å². The van der Waals surface area contributed by atoms with Crippen LogP contribution in [0.25, 0.3) is 0 Å². The van der Waals surface area contributed by atoms with Gasteiger partial charge < -0.3 is 15.1 Å². The Bertz CT molecular complexity index is 1340. The Balaban J connectivity index is 1.14. The molecule has 196 valence electrons. The van der Waals surface area contributed by atoms with Crippen molar-refractivity contribution in [2.75, 3.05) is 31.1 Å². The fourth-order valence-electron chi connectivity index (χ4n) is 6.53. The van der Waals surface area contributed by atoms with Crippen LogP contribution in [0.3, 0.4) is 0 Å². The van der Waals surface area contributed by atoms with Crippen LogP contribution in [0.4, 0.5) is 5.69 Å². The third-order valence-corrected chi connectivity index (χ3v) is 9.02. The second-order valence-corrected chi connectivity index (χ2v) is 11.4. The predicted molar refractivity (Wildman–Crippen MR) is 150 cm³/mol. The molecule has 1 N–H and O–H groups in total. The molecule has 1 spiro atoms. The molecule has 0 unspecified atom stereocenters. The minimum Gasteiger partial charge on any atom is -0.371 e. The molecule has 3 heterocycles. The largest absolute Gasteiger partial charge is 0.371 e. The number of piperidine rings is 2. The Hall–Kier alpha value is -3.38. The van der Waals surface area contributed by atoms with Gasteiger partial charge in [-0.25, -0.2) is 0 Å². The molecule has 2 saturated heterocycles. The average Bonchev–Trinajstić information content (AvgIpc) is 3.35. The van der Waals surface area contributed by atoms with Crippen molar-refractivity contribution < 1.29 is 9.59 Å². The Kier molecular flexibility index (Phi) is 6.83. The van der Waals surface area contributed by atoms with Gasteiger partial charge in [0.05, 0.1) is 16.6 Å². The number of anilines is 1. The van der Waals surface area contributed by atoms with Gasteiger partial charge in [0.15, 0.2) is 0 Å². The standard InChI is InChI=1S/C31H33ClN4O2/c32-27-5-2-1-4-25(27)29(37)34-28-9-8-22-6-7-23(20-26(22)28)30(38)36-17-3-12-31(21-36)13-18-35(19-14-31)24-10-15-33-16-11-24/h1-2,4-7,10-11,15-16,20,28H,3,8-9,12-14,17-19,21H2,(H,34,37)/t28-/m1/s1. The number of hydrogen-bond donors (Lipinski definition) is 1. The van der Waals surface area contributed by atoms with E-state index in [-0.39, 0.29) is 23.3 Å². The topological polar surface area (TPSA) is 65.5 Å². The lowest BCUT2D eigenvalue weighted by Gasteiger charge is -2.48. The van der Waals surface area contributed by atoms with Crippen LogP contribution >= 0.6 is 11.6 Å². The molecule has 38 heavy (non-hydrogen) atoms. The van der Waals surface area contributed by atoms with Crippen LogP contribution in [0.2, 0.25) is 5.02 Å². The van der Waals surface area contributed by atoms with E-state index < -0.39 is 0 Å². The van der Waals surface area contributed by atoms with Crippen LogP contribution in [0, 0.1) is 5.41 Å². The number of aryl methyl sites for hydroxylation is 1. The molecule has 3 aromatic rings. The Morgan fingerprint density at radius 2 is 1.76 bits per heavy atom. The molecular formula is C31H33ClN4O2. The highest BCUT2D eigenvalue weighted by molar-refractivity contribution is 6.33. The van der Waals surface area contributed by atoms with Crippen molar-refractivity contribution in [2.24, 2.45) is 5.41 Å². The maximum Gasteiger partial charge on any atom is 0.253 e. The smallest absolute Gasteiger partial charge is 0.253 e. The van der Waals surface area contributed by atoms with Gasteiger partial charge >= 0.3 is 0 Å². The first-order valence-electron chi connectivity index (χ1n) is 13.6. The van der Waals surface area contributed by atoms with Crippen LogP contribution in [0.15, 0.2) is 67.0 Å². The summed E-state index contributed by atoms with van der Waals surface area (Å²) >= 11 is 6.24. The van der Waals surface area contributed by atoms with E-state index in [1.54, 1.807) is 12.1 Å². The summed E-state index contributed by atoms with van der Waals surface area (Å²) in [6, 6.07) is 17.2. The summed E-state index contributed by atoms with van der Waals surface area (Å²) < 4.78 is 0. The number of benzene rings is 2. The minimum atomic E-state index is -0.179. The van der Waals surface area contributed by atoms with Crippen LogP contribution in [-0.4, -0.2) is 47.9 Å². The molecule has 2 aromatic carbocycles. The number of rotatable bonds is 4. The summed E-state index contributed by atoms with van der Waals surface area (Å²) in [5.41, 5.74) is 4.86. The van der Waals surface area contributed by atoms with E-state index in [2.05, 4.69) is 38.3 Å². The lowest BCUT2D eigenvalue weighted by molar-refractivity contribution is 0.0434. The molecule has 0 bridgehead atoms. The summed E-state index contributed by atoms with van der Waals surface area (Å²) in [5, 5.41) is 3.59. The van der Waals surface area contributed by atoms with Crippen molar-refractivity contribution in [3.8, 4) is 0 Å². The molecule has 3 aliphatic rings. The summed E-state index contributed by atoms with van der Waals surface area (Å²) in [7, 11) is 0. The van der Waals surface area contributed by atoms with Gasteiger partial charge in [-0.3, -0.25) is 14.6 Å². The fourth-order valence-corrected chi connectivity index (χ4v) is 6.75. The van der Waals surface area contributed by atoms with Gasteiger partial charge in [0.2, 0.25) is 0 Å². The molecule has 2 aliphatic heterocycles. The third-order valence-electron chi connectivity index (χ3n) is 8.69. The molecule has 1 aliphatic carbocycles. The summed E-state index contributed by atoms with van der Waals surface area (Å²) in [6.07, 6.45) is 9.83. The third kappa shape index (κ3) is 4.90. The number of amides is 2. The maximum atomic E-state index is 13.7. The monoisotopic (exact) mass is 528 g/mol. The zero-order chi connectivity index (χ0) is 26.1. The van der Waals surface area contributed by atoms with E-state index in [1.807, 2.05) is 36.7 Å². The number of likely N-dealkylation sites (tertiary alicyclic amines) is 1. The maximum absolute atomic E-state index is 13.7. The van der Waals surface area contributed by atoms with Crippen LogP contribution < -0.4 is 10.2 Å². The van der Waals surface area contributed by atoms with E-state index in [9.17, 15) is 9.59 Å². The average molecular weight is 529 g/mol. The Labute approximate surface area is 229 Å². The van der Waals surface area contributed by atoms with Crippen LogP contribution in [0.5, 0.6) is 0 Å². The van der Waals surface area contributed by atoms with Crippen molar-refractivity contribution >= 4 is 29.1 Å².